The van der Waals surface area contributed by atoms with Crippen LogP contribution in [0.3, 0.4) is 0 Å². The van der Waals surface area contributed by atoms with E-state index in [-0.39, 0.29) is 0 Å². The number of fused-ring (bicyclic) bond motifs is 1. The molecule has 3 aromatic rings. The van der Waals surface area contributed by atoms with Gasteiger partial charge in [-0.15, -0.1) is 11.3 Å². The molecule has 2 aromatic heterocycles. The molecule has 0 saturated carbocycles. The second kappa shape index (κ2) is 2.88. The van der Waals surface area contributed by atoms with Crippen molar-refractivity contribution >= 4 is 21.6 Å². The maximum Gasteiger partial charge on any atom is 0.0872 e. The van der Waals surface area contributed by atoms with Gasteiger partial charge in [0.1, 0.15) is 0 Å². The highest BCUT2D eigenvalue weighted by molar-refractivity contribution is 7.16. The number of benzene rings is 1. The van der Waals surface area contributed by atoms with Crippen molar-refractivity contribution < 1.29 is 0 Å². The van der Waals surface area contributed by atoms with E-state index in [1.807, 2.05) is 23.7 Å². The van der Waals surface area contributed by atoms with E-state index < -0.39 is 0 Å². The molecule has 0 aliphatic heterocycles. The molecule has 0 radical (unpaired) electrons. The van der Waals surface area contributed by atoms with E-state index >= 15 is 0 Å². The first-order valence-electron chi connectivity index (χ1n) is 4.13. The third kappa shape index (κ3) is 1.10. The number of nitrogens with zero attached hydrogens (tertiary/aromatic N) is 4. The molecule has 5 heteroatoms. The lowest BCUT2D eigenvalue weighted by Gasteiger charge is -1.97. The Morgan fingerprint density at radius 2 is 2.00 bits per heavy atom. The molecule has 0 spiro atoms. The molecule has 0 N–H and O–H groups in total. The average molecular weight is 202 g/mol. The summed E-state index contributed by atoms with van der Waals surface area (Å²) in [6.07, 6.45) is 3.33. The molecular weight excluding hydrogens is 196 g/mol. The fourth-order valence-corrected chi connectivity index (χ4v) is 2.03. The fraction of sp³-hybridized carbons (Fsp3) is 0. The molecule has 0 aliphatic carbocycles. The van der Waals surface area contributed by atoms with Crippen molar-refractivity contribution in [1.82, 2.24) is 20.0 Å². The van der Waals surface area contributed by atoms with Crippen molar-refractivity contribution in [2.45, 2.75) is 0 Å². The van der Waals surface area contributed by atoms with Gasteiger partial charge in [-0.1, -0.05) is 0 Å². The normalized spacial score (nSPS) is 10.9. The van der Waals surface area contributed by atoms with Gasteiger partial charge < -0.3 is 0 Å². The molecule has 1 aromatic carbocycles. The van der Waals surface area contributed by atoms with Gasteiger partial charge in [-0.05, 0) is 18.2 Å². The summed E-state index contributed by atoms with van der Waals surface area (Å²) in [5.41, 5.74) is 3.82. The molecule has 0 bridgehead atoms. The highest BCUT2D eigenvalue weighted by Gasteiger charge is 2.00. The van der Waals surface area contributed by atoms with E-state index in [0.717, 1.165) is 15.9 Å². The Bertz CT molecular complexity index is 555. The Balaban J connectivity index is 2.23. The minimum absolute atomic E-state index is 0.965. The maximum atomic E-state index is 4.21. The Labute approximate surface area is 83.8 Å². The smallest absolute Gasteiger partial charge is 0.0872 e. The molecule has 68 valence electrons. The second-order valence-electron chi connectivity index (χ2n) is 2.82. The first-order valence-corrected chi connectivity index (χ1v) is 5.01. The van der Waals surface area contributed by atoms with Crippen LogP contribution < -0.4 is 0 Å². The largest absolute Gasteiger partial charge is 0.245 e. The number of hydrogen-bond acceptors (Lipinski definition) is 4. The summed E-state index contributed by atoms with van der Waals surface area (Å²) < 4.78 is 1.15. The van der Waals surface area contributed by atoms with Crippen molar-refractivity contribution in [2.75, 3.05) is 0 Å². The van der Waals surface area contributed by atoms with Crippen LogP contribution in [-0.2, 0) is 0 Å². The van der Waals surface area contributed by atoms with Crippen molar-refractivity contribution in [3.8, 4) is 5.69 Å². The van der Waals surface area contributed by atoms with Crippen LogP contribution in [0.15, 0.2) is 36.1 Å². The van der Waals surface area contributed by atoms with E-state index in [9.17, 15) is 0 Å². The first-order chi connectivity index (χ1) is 6.93. The van der Waals surface area contributed by atoms with Crippen LogP contribution in [0.25, 0.3) is 15.9 Å². The Kier molecular flexibility index (Phi) is 1.57. The van der Waals surface area contributed by atoms with Gasteiger partial charge in [0.25, 0.3) is 0 Å². The summed E-state index contributed by atoms with van der Waals surface area (Å²) in [4.78, 5) is 5.81. The molecule has 0 atom stereocenters. The minimum Gasteiger partial charge on any atom is -0.245 e. The van der Waals surface area contributed by atoms with E-state index in [0.29, 0.717) is 0 Å². The molecule has 0 saturated heterocycles. The zero-order valence-corrected chi connectivity index (χ0v) is 7.98. The summed E-state index contributed by atoms with van der Waals surface area (Å²) in [6, 6.07) is 5.97. The predicted molar refractivity (Wildman–Crippen MR) is 54.5 cm³/mol. The van der Waals surface area contributed by atoms with E-state index in [1.165, 1.54) is 0 Å². The van der Waals surface area contributed by atoms with Gasteiger partial charge in [0.2, 0.25) is 0 Å². The van der Waals surface area contributed by atoms with Gasteiger partial charge in [0.15, 0.2) is 0 Å². The molecule has 0 amide bonds. The van der Waals surface area contributed by atoms with Crippen LogP contribution >= 0.6 is 11.3 Å². The second-order valence-corrected chi connectivity index (χ2v) is 3.71. The Morgan fingerprint density at radius 1 is 1.14 bits per heavy atom. The SMILES string of the molecule is c1cnn(-c2ccc3ncsc3c2)n1. The number of thiazole rings is 1. The summed E-state index contributed by atoms with van der Waals surface area (Å²) in [7, 11) is 0. The standard InChI is InChI=1S/C9H6N4S/c1-2-8-9(14-6-10-8)5-7(1)13-11-3-4-12-13/h1-6H. The average Bonchev–Trinajstić information content (AvgIpc) is 2.88. The lowest BCUT2D eigenvalue weighted by Crippen LogP contribution is -1.97. The van der Waals surface area contributed by atoms with Crippen LogP contribution in [-0.4, -0.2) is 20.0 Å². The fourth-order valence-electron chi connectivity index (χ4n) is 1.32. The minimum atomic E-state index is 0.965. The van der Waals surface area contributed by atoms with Gasteiger partial charge in [0.05, 0.1) is 33.8 Å². The number of rotatable bonds is 1. The summed E-state index contributed by atoms with van der Waals surface area (Å²) in [6.45, 7) is 0. The highest BCUT2D eigenvalue weighted by Crippen LogP contribution is 2.20. The van der Waals surface area contributed by atoms with E-state index in [1.54, 1.807) is 28.5 Å². The topological polar surface area (TPSA) is 43.6 Å². The quantitative estimate of drug-likeness (QED) is 0.605. The lowest BCUT2D eigenvalue weighted by atomic mass is 10.3. The van der Waals surface area contributed by atoms with Crippen LogP contribution in [0, 0.1) is 0 Å². The molecule has 3 rings (SSSR count). The van der Waals surface area contributed by atoms with Gasteiger partial charge in [0, 0.05) is 0 Å². The van der Waals surface area contributed by atoms with Gasteiger partial charge in [-0.2, -0.15) is 15.0 Å². The summed E-state index contributed by atoms with van der Waals surface area (Å²) in [5.74, 6) is 0. The van der Waals surface area contributed by atoms with Crippen molar-refractivity contribution in [1.29, 1.82) is 0 Å². The van der Waals surface area contributed by atoms with Gasteiger partial charge in [-0.3, -0.25) is 0 Å². The Hall–Kier alpha value is -1.75. The zero-order chi connectivity index (χ0) is 9.38. The molecule has 2 heterocycles. The molecule has 0 unspecified atom stereocenters. The first kappa shape index (κ1) is 7.64. The number of aromatic nitrogens is 4. The van der Waals surface area contributed by atoms with Gasteiger partial charge >= 0.3 is 0 Å². The van der Waals surface area contributed by atoms with Crippen LogP contribution in [0.2, 0.25) is 0 Å². The third-order valence-corrected chi connectivity index (χ3v) is 2.76. The third-order valence-electron chi connectivity index (χ3n) is 1.96. The van der Waals surface area contributed by atoms with E-state index in [2.05, 4.69) is 15.2 Å². The molecule has 4 nitrogen and oxygen atoms in total. The number of hydrogen-bond donors (Lipinski definition) is 0. The molecular formula is C9H6N4S. The van der Waals surface area contributed by atoms with Crippen LogP contribution in [0.5, 0.6) is 0 Å². The molecule has 0 aliphatic rings. The lowest BCUT2D eigenvalue weighted by molar-refractivity contribution is 0.753. The van der Waals surface area contributed by atoms with Crippen molar-refractivity contribution in [3.63, 3.8) is 0 Å². The summed E-state index contributed by atoms with van der Waals surface area (Å²) in [5, 5.41) is 8.13. The summed E-state index contributed by atoms with van der Waals surface area (Å²) >= 11 is 1.62. The Morgan fingerprint density at radius 3 is 2.86 bits per heavy atom. The predicted octanol–water partition coefficient (Wildman–Crippen LogP) is 1.88. The van der Waals surface area contributed by atoms with E-state index in [4.69, 9.17) is 0 Å². The monoisotopic (exact) mass is 202 g/mol. The van der Waals surface area contributed by atoms with Gasteiger partial charge in [-0.25, -0.2) is 4.98 Å². The van der Waals surface area contributed by atoms with Crippen LogP contribution in [0.1, 0.15) is 0 Å². The molecule has 14 heavy (non-hydrogen) atoms. The van der Waals surface area contributed by atoms with Crippen LogP contribution in [0.4, 0.5) is 0 Å². The molecule has 0 fully saturated rings. The highest BCUT2D eigenvalue weighted by atomic mass is 32.1. The zero-order valence-electron chi connectivity index (χ0n) is 7.16. The van der Waals surface area contributed by atoms with Crippen molar-refractivity contribution in [3.05, 3.63) is 36.1 Å². The van der Waals surface area contributed by atoms with Crippen molar-refractivity contribution in [2.24, 2.45) is 0 Å². The maximum absolute atomic E-state index is 4.21.